The van der Waals surface area contributed by atoms with Crippen LogP contribution in [-0.4, -0.2) is 0 Å². The molecule has 0 bridgehead atoms. The van der Waals surface area contributed by atoms with Gasteiger partial charge in [-0.15, -0.1) is 0 Å². The van der Waals surface area contributed by atoms with E-state index in [2.05, 4.69) is 31.2 Å². The van der Waals surface area contributed by atoms with Gasteiger partial charge < -0.3 is 17.2 Å². The maximum Gasteiger partial charge on any atom is 0.0601 e. The van der Waals surface area contributed by atoms with Gasteiger partial charge in [-0.2, -0.15) is 0 Å². The van der Waals surface area contributed by atoms with Gasteiger partial charge in [-0.1, -0.05) is 29.8 Å². The summed E-state index contributed by atoms with van der Waals surface area (Å²) in [7, 11) is 0. The van der Waals surface area contributed by atoms with Crippen LogP contribution in [0.25, 0.3) is 11.1 Å². The van der Waals surface area contributed by atoms with E-state index in [1.807, 2.05) is 13.8 Å². The lowest BCUT2D eigenvalue weighted by Crippen LogP contribution is -2.06. The van der Waals surface area contributed by atoms with E-state index in [9.17, 15) is 0 Å². The predicted molar refractivity (Wildman–Crippen MR) is 79.3 cm³/mol. The van der Waals surface area contributed by atoms with Crippen molar-refractivity contribution in [3.05, 3.63) is 41.0 Å². The first kappa shape index (κ1) is 12.3. The third kappa shape index (κ3) is 1.78. The highest BCUT2D eigenvalue weighted by Gasteiger charge is 2.15. The van der Waals surface area contributed by atoms with Crippen LogP contribution in [0.3, 0.4) is 0 Å². The highest BCUT2D eigenvalue weighted by atomic mass is 14.7. The Morgan fingerprint density at radius 1 is 0.667 bits per heavy atom. The smallest absolute Gasteiger partial charge is 0.0601 e. The molecule has 0 unspecified atom stereocenters. The molecular weight excluding hydrogens is 222 g/mol. The second-order valence-electron chi connectivity index (χ2n) is 4.73. The standard InChI is InChI=1S/C15H19N3/c1-8-4-6-11(7-5-8)12-9(2)14(17)15(18)10(3)13(12)16/h4-7H,16-18H2,1-3H3. The lowest BCUT2D eigenvalue weighted by atomic mass is 9.93. The maximum absolute atomic E-state index is 6.19. The molecule has 0 aliphatic rings. The molecule has 6 N–H and O–H groups in total. The van der Waals surface area contributed by atoms with Crippen molar-refractivity contribution >= 4 is 17.1 Å². The molecule has 2 aromatic rings. The number of benzene rings is 2. The van der Waals surface area contributed by atoms with Gasteiger partial charge in [0.25, 0.3) is 0 Å². The molecule has 0 heterocycles. The van der Waals surface area contributed by atoms with Crippen LogP contribution in [0.5, 0.6) is 0 Å². The number of anilines is 3. The summed E-state index contributed by atoms with van der Waals surface area (Å²) in [4.78, 5) is 0. The molecule has 3 nitrogen and oxygen atoms in total. The maximum atomic E-state index is 6.19. The first-order chi connectivity index (χ1) is 8.43. The molecule has 0 amide bonds. The molecule has 94 valence electrons. The second-order valence-corrected chi connectivity index (χ2v) is 4.73. The zero-order valence-electron chi connectivity index (χ0n) is 11.0. The van der Waals surface area contributed by atoms with E-state index in [4.69, 9.17) is 17.2 Å². The molecule has 0 saturated heterocycles. The number of hydrogen-bond donors (Lipinski definition) is 3. The van der Waals surface area contributed by atoms with Crippen molar-refractivity contribution in [3.63, 3.8) is 0 Å². The third-order valence-electron chi connectivity index (χ3n) is 3.49. The summed E-state index contributed by atoms with van der Waals surface area (Å²) in [5.74, 6) is 0. The Kier molecular flexibility index (Phi) is 2.91. The van der Waals surface area contributed by atoms with Gasteiger partial charge in [0.05, 0.1) is 11.4 Å². The molecule has 0 saturated carbocycles. The summed E-state index contributed by atoms with van der Waals surface area (Å²) in [5, 5.41) is 0. The van der Waals surface area contributed by atoms with Crippen molar-refractivity contribution in [1.82, 2.24) is 0 Å². The average Bonchev–Trinajstić information content (AvgIpc) is 2.36. The van der Waals surface area contributed by atoms with Gasteiger partial charge in [0.2, 0.25) is 0 Å². The lowest BCUT2D eigenvalue weighted by Gasteiger charge is -2.17. The topological polar surface area (TPSA) is 78.1 Å². The first-order valence-electron chi connectivity index (χ1n) is 5.94. The van der Waals surface area contributed by atoms with Crippen molar-refractivity contribution in [1.29, 1.82) is 0 Å². The molecule has 0 aliphatic heterocycles. The molecule has 2 rings (SSSR count). The second kappa shape index (κ2) is 4.26. The van der Waals surface area contributed by atoms with Crippen molar-refractivity contribution in [2.45, 2.75) is 20.8 Å². The van der Waals surface area contributed by atoms with Gasteiger partial charge >= 0.3 is 0 Å². The zero-order valence-corrected chi connectivity index (χ0v) is 11.0. The molecule has 0 aliphatic carbocycles. The van der Waals surface area contributed by atoms with Gasteiger partial charge in [-0.05, 0) is 37.5 Å². The molecule has 0 atom stereocenters. The molecule has 18 heavy (non-hydrogen) atoms. The monoisotopic (exact) mass is 241 g/mol. The predicted octanol–water partition coefficient (Wildman–Crippen LogP) is 3.03. The SMILES string of the molecule is Cc1ccc(-c2c(C)c(N)c(N)c(C)c2N)cc1. The Balaban J connectivity index is 2.75. The Labute approximate surface area is 108 Å². The van der Waals surface area contributed by atoms with E-state index in [1.165, 1.54) is 5.56 Å². The number of hydrogen-bond acceptors (Lipinski definition) is 3. The van der Waals surface area contributed by atoms with Gasteiger partial charge in [0.1, 0.15) is 0 Å². The first-order valence-corrected chi connectivity index (χ1v) is 5.94. The molecular formula is C15H19N3. The summed E-state index contributed by atoms with van der Waals surface area (Å²) in [6, 6.07) is 8.25. The Hall–Kier alpha value is -2.16. The summed E-state index contributed by atoms with van der Waals surface area (Å²) >= 11 is 0. The van der Waals surface area contributed by atoms with Crippen molar-refractivity contribution in [3.8, 4) is 11.1 Å². The fourth-order valence-corrected chi connectivity index (χ4v) is 2.17. The largest absolute Gasteiger partial charge is 0.398 e. The zero-order chi connectivity index (χ0) is 13.4. The van der Waals surface area contributed by atoms with E-state index < -0.39 is 0 Å². The van der Waals surface area contributed by atoms with Gasteiger partial charge in [-0.3, -0.25) is 0 Å². The third-order valence-corrected chi connectivity index (χ3v) is 3.49. The number of nitrogens with two attached hydrogens (primary N) is 3. The summed E-state index contributed by atoms with van der Waals surface area (Å²) in [6.45, 7) is 5.91. The molecule has 2 aromatic carbocycles. The number of nitrogen functional groups attached to an aromatic ring is 3. The minimum absolute atomic E-state index is 0.584. The van der Waals surface area contributed by atoms with Crippen LogP contribution >= 0.6 is 0 Å². The summed E-state index contributed by atoms with van der Waals surface area (Å²) < 4.78 is 0. The highest BCUT2D eigenvalue weighted by Crippen LogP contribution is 2.39. The summed E-state index contributed by atoms with van der Waals surface area (Å²) in [6.07, 6.45) is 0. The Bertz CT molecular complexity index is 569. The lowest BCUT2D eigenvalue weighted by molar-refractivity contribution is 1.39. The van der Waals surface area contributed by atoms with Gasteiger partial charge in [0, 0.05) is 11.3 Å². The molecule has 3 heteroatoms. The van der Waals surface area contributed by atoms with Crippen molar-refractivity contribution < 1.29 is 0 Å². The molecule has 0 fully saturated rings. The van der Waals surface area contributed by atoms with Crippen LogP contribution < -0.4 is 17.2 Å². The van der Waals surface area contributed by atoms with Crippen LogP contribution in [0.4, 0.5) is 17.1 Å². The number of aryl methyl sites for hydroxylation is 1. The Morgan fingerprint density at radius 3 is 1.72 bits per heavy atom. The van der Waals surface area contributed by atoms with E-state index in [0.717, 1.165) is 22.3 Å². The van der Waals surface area contributed by atoms with Crippen LogP contribution in [0, 0.1) is 20.8 Å². The van der Waals surface area contributed by atoms with E-state index in [-0.39, 0.29) is 0 Å². The van der Waals surface area contributed by atoms with Gasteiger partial charge in [0.15, 0.2) is 0 Å². The molecule has 0 aromatic heterocycles. The van der Waals surface area contributed by atoms with Crippen LogP contribution in [0.1, 0.15) is 16.7 Å². The average molecular weight is 241 g/mol. The van der Waals surface area contributed by atoms with Gasteiger partial charge in [-0.25, -0.2) is 0 Å². The molecule has 0 radical (unpaired) electrons. The van der Waals surface area contributed by atoms with E-state index in [0.29, 0.717) is 17.1 Å². The van der Waals surface area contributed by atoms with Crippen molar-refractivity contribution in [2.75, 3.05) is 17.2 Å². The number of rotatable bonds is 1. The normalized spacial score (nSPS) is 10.6. The van der Waals surface area contributed by atoms with E-state index in [1.54, 1.807) is 0 Å². The van der Waals surface area contributed by atoms with E-state index >= 15 is 0 Å². The van der Waals surface area contributed by atoms with Crippen LogP contribution in [-0.2, 0) is 0 Å². The van der Waals surface area contributed by atoms with Crippen molar-refractivity contribution in [2.24, 2.45) is 0 Å². The minimum Gasteiger partial charge on any atom is -0.398 e. The fraction of sp³-hybridized carbons (Fsp3) is 0.200. The van der Waals surface area contributed by atoms with Crippen LogP contribution in [0.2, 0.25) is 0 Å². The fourth-order valence-electron chi connectivity index (χ4n) is 2.17. The highest BCUT2D eigenvalue weighted by molar-refractivity contribution is 5.92. The minimum atomic E-state index is 0.584. The quantitative estimate of drug-likeness (QED) is 0.671. The Morgan fingerprint density at radius 2 is 1.17 bits per heavy atom. The van der Waals surface area contributed by atoms with Crippen LogP contribution in [0.15, 0.2) is 24.3 Å². The summed E-state index contributed by atoms with van der Waals surface area (Å²) in [5.41, 5.74) is 25.2. The molecule has 0 spiro atoms.